The molecular weight excluding hydrogens is 272 g/mol. The molecule has 2 rings (SSSR count). The zero-order chi connectivity index (χ0) is 14.7. The highest BCUT2D eigenvalue weighted by Crippen LogP contribution is 2.27. The second-order valence-corrected chi connectivity index (χ2v) is 6.75. The summed E-state index contributed by atoms with van der Waals surface area (Å²) in [6, 6.07) is 1.66. The fourth-order valence-corrected chi connectivity index (χ4v) is 3.32. The molecule has 4 nitrogen and oxygen atoms in total. The molecule has 2 N–H and O–H groups in total. The van der Waals surface area contributed by atoms with E-state index < -0.39 is 6.04 Å². The first-order valence-electron chi connectivity index (χ1n) is 7.19. The molecule has 0 aromatic carbocycles. The summed E-state index contributed by atoms with van der Waals surface area (Å²) >= 11 is 1.65. The molecule has 0 radical (unpaired) electrons. The third-order valence-corrected chi connectivity index (χ3v) is 4.23. The van der Waals surface area contributed by atoms with Gasteiger partial charge >= 0.3 is 0 Å². The summed E-state index contributed by atoms with van der Waals surface area (Å²) in [5, 5.41) is 4.12. The number of thiophene rings is 1. The standard InChI is InChI=1S/C15H24N2O2S/c1-10(2)6-13(16)15(18)17-7-11(3)19-14(8-17)12-4-5-20-9-12/h4-5,9-11,13-14H,6-8,16H2,1-3H3/t11?,13-,14?/m0/s1. The molecule has 2 unspecified atom stereocenters. The van der Waals surface area contributed by atoms with E-state index in [0.717, 1.165) is 12.0 Å². The van der Waals surface area contributed by atoms with Crippen molar-refractivity contribution in [2.24, 2.45) is 11.7 Å². The van der Waals surface area contributed by atoms with Crippen molar-refractivity contribution in [3.8, 4) is 0 Å². The smallest absolute Gasteiger partial charge is 0.239 e. The van der Waals surface area contributed by atoms with Gasteiger partial charge in [-0.1, -0.05) is 13.8 Å². The summed E-state index contributed by atoms with van der Waals surface area (Å²) in [7, 11) is 0. The molecule has 2 heterocycles. The minimum atomic E-state index is -0.400. The molecule has 1 aromatic rings. The van der Waals surface area contributed by atoms with Gasteiger partial charge in [0.1, 0.15) is 6.10 Å². The average molecular weight is 296 g/mol. The number of hydrogen-bond acceptors (Lipinski definition) is 4. The summed E-state index contributed by atoms with van der Waals surface area (Å²) in [6.45, 7) is 7.41. The van der Waals surface area contributed by atoms with Gasteiger partial charge in [0.2, 0.25) is 5.91 Å². The second-order valence-electron chi connectivity index (χ2n) is 5.97. The van der Waals surface area contributed by atoms with E-state index in [0.29, 0.717) is 19.0 Å². The monoisotopic (exact) mass is 296 g/mol. The Morgan fingerprint density at radius 1 is 1.55 bits per heavy atom. The van der Waals surface area contributed by atoms with Crippen LogP contribution in [-0.2, 0) is 9.53 Å². The largest absolute Gasteiger partial charge is 0.367 e. The molecular formula is C15H24N2O2S. The van der Waals surface area contributed by atoms with E-state index in [1.54, 1.807) is 11.3 Å². The molecule has 3 atom stereocenters. The Bertz CT molecular complexity index is 433. The second kappa shape index (κ2) is 6.70. The number of carbonyl (C=O) groups excluding carboxylic acids is 1. The van der Waals surface area contributed by atoms with Crippen molar-refractivity contribution in [1.29, 1.82) is 0 Å². The van der Waals surface area contributed by atoms with E-state index in [2.05, 4.69) is 25.3 Å². The summed E-state index contributed by atoms with van der Waals surface area (Å²) < 4.78 is 5.94. The first-order valence-corrected chi connectivity index (χ1v) is 8.13. The zero-order valence-electron chi connectivity index (χ0n) is 12.4. The number of morpholine rings is 1. The molecule has 1 aliphatic heterocycles. The van der Waals surface area contributed by atoms with Gasteiger partial charge in [-0.05, 0) is 41.7 Å². The zero-order valence-corrected chi connectivity index (χ0v) is 13.2. The predicted molar refractivity (Wildman–Crippen MR) is 81.6 cm³/mol. The van der Waals surface area contributed by atoms with Gasteiger partial charge in [-0.3, -0.25) is 4.79 Å². The Labute approximate surface area is 124 Å². The quantitative estimate of drug-likeness (QED) is 0.928. The maximum atomic E-state index is 12.4. The van der Waals surface area contributed by atoms with E-state index in [-0.39, 0.29) is 18.1 Å². The van der Waals surface area contributed by atoms with Gasteiger partial charge in [0, 0.05) is 6.54 Å². The molecule has 5 heteroatoms. The van der Waals surface area contributed by atoms with Crippen LogP contribution in [0.15, 0.2) is 16.8 Å². The molecule has 0 bridgehead atoms. The van der Waals surface area contributed by atoms with Crippen LogP contribution < -0.4 is 5.73 Å². The number of nitrogens with two attached hydrogens (primary N) is 1. The minimum absolute atomic E-state index is 0.0276. The molecule has 112 valence electrons. The van der Waals surface area contributed by atoms with Crippen molar-refractivity contribution in [2.45, 2.75) is 45.4 Å². The first-order chi connectivity index (χ1) is 9.47. The molecule has 1 saturated heterocycles. The maximum Gasteiger partial charge on any atom is 0.239 e. The predicted octanol–water partition coefficient (Wildman–Crippen LogP) is 2.41. The summed E-state index contributed by atoms with van der Waals surface area (Å²) in [5.74, 6) is 0.481. The van der Waals surface area contributed by atoms with E-state index in [4.69, 9.17) is 10.5 Å². The van der Waals surface area contributed by atoms with Gasteiger partial charge < -0.3 is 15.4 Å². The lowest BCUT2D eigenvalue weighted by molar-refractivity contribution is -0.146. The van der Waals surface area contributed by atoms with Crippen LogP contribution in [0, 0.1) is 5.92 Å². The van der Waals surface area contributed by atoms with E-state index in [1.165, 1.54) is 0 Å². The Hall–Kier alpha value is -0.910. The van der Waals surface area contributed by atoms with Crippen LogP contribution >= 0.6 is 11.3 Å². The van der Waals surface area contributed by atoms with Crippen LogP contribution in [0.5, 0.6) is 0 Å². The van der Waals surface area contributed by atoms with Crippen LogP contribution in [0.4, 0.5) is 0 Å². The number of carbonyl (C=O) groups is 1. The Kier molecular flexibility index (Phi) is 5.18. The van der Waals surface area contributed by atoms with E-state index >= 15 is 0 Å². The van der Waals surface area contributed by atoms with Crippen LogP contribution in [0.2, 0.25) is 0 Å². The number of rotatable bonds is 4. The maximum absolute atomic E-state index is 12.4. The fourth-order valence-electron chi connectivity index (χ4n) is 2.62. The Morgan fingerprint density at radius 2 is 2.30 bits per heavy atom. The van der Waals surface area contributed by atoms with E-state index in [9.17, 15) is 4.79 Å². The lowest BCUT2D eigenvalue weighted by Crippen LogP contribution is -2.51. The summed E-state index contributed by atoms with van der Waals surface area (Å²) in [5.41, 5.74) is 7.18. The summed E-state index contributed by atoms with van der Waals surface area (Å²) in [4.78, 5) is 14.3. The van der Waals surface area contributed by atoms with Crippen LogP contribution in [0.3, 0.4) is 0 Å². The van der Waals surface area contributed by atoms with Crippen molar-refractivity contribution < 1.29 is 9.53 Å². The molecule has 1 aliphatic rings. The van der Waals surface area contributed by atoms with Gasteiger partial charge in [0.15, 0.2) is 0 Å². The lowest BCUT2D eigenvalue weighted by atomic mass is 10.0. The van der Waals surface area contributed by atoms with Gasteiger partial charge in [-0.25, -0.2) is 0 Å². The lowest BCUT2D eigenvalue weighted by Gasteiger charge is -2.38. The molecule has 1 aromatic heterocycles. The third kappa shape index (κ3) is 3.81. The Balaban J connectivity index is 2.02. The van der Waals surface area contributed by atoms with Gasteiger partial charge in [-0.2, -0.15) is 11.3 Å². The number of amides is 1. The molecule has 1 amide bonds. The number of nitrogens with zero attached hydrogens (tertiary/aromatic N) is 1. The Morgan fingerprint density at radius 3 is 2.90 bits per heavy atom. The molecule has 1 fully saturated rings. The third-order valence-electron chi connectivity index (χ3n) is 3.53. The van der Waals surface area contributed by atoms with Crippen LogP contribution in [0.1, 0.15) is 38.9 Å². The van der Waals surface area contributed by atoms with Crippen LogP contribution in [-0.4, -0.2) is 36.0 Å². The van der Waals surface area contributed by atoms with Crippen molar-refractivity contribution in [3.63, 3.8) is 0 Å². The highest BCUT2D eigenvalue weighted by molar-refractivity contribution is 7.07. The van der Waals surface area contributed by atoms with Gasteiger partial charge in [0.25, 0.3) is 0 Å². The number of hydrogen-bond donors (Lipinski definition) is 1. The normalized spacial score (nSPS) is 24.9. The van der Waals surface area contributed by atoms with Crippen molar-refractivity contribution in [2.75, 3.05) is 13.1 Å². The molecule has 0 saturated carbocycles. The van der Waals surface area contributed by atoms with Crippen LogP contribution in [0.25, 0.3) is 0 Å². The SMILES string of the molecule is CC(C)C[C@H](N)C(=O)N1CC(C)OC(c2ccsc2)C1. The average Bonchev–Trinajstić information content (AvgIpc) is 2.90. The highest BCUT2D eigenvalue weighted by atomic mass is 32.1. The van der Waals surface area contributed by atoms with Crippen molar-refractivity contribution in [3.05, 3.63) is 22.4 Å². The van der Waals surface area contributed by atoms with Crippen molar-refractivity contribution >= 4 is 17.2 Å². The van der Waals surface area contributed by atoms with Gasteiger partial charge in [-0.15, -0.1) is 0 Å². The summed E-state index contributed by atoms with van der Waals surface area (Å²) in [6.07, 6.45) is 0.747. The van der Waals surface area contributed by atoms with Crippen molar-refractivity contribution in [1.82, 2.24) is 4.90 Å². The minimum Gasteiger partial charge on any atom is -0.367 e. The van der Waals surface area contributed by atoms with E-state index in [1.807, 2.05) is 17.2 Å². The first kappa shape index (κ1) is 15.5. The molecule has 20 heavy (non-hydrogen) atoms. The number of ether oxygens (including phenoxy) is 1. The molecule has 0 aliphatic carbocycles. The molecule has 0 spiro atoms. The van der Waals surface area contributed by atoms with Gasteiger partial charge in [0.05, 0.1) is 18.7 Å². The highest BCUT2D eigenvalue weighted by Gasteiger charge is 2.31. The topological polar surface area (TPSA) is 55.6 Å². The fraction of sp³-hybridized carbons (Fsp3) is 0.667.